The highest BCUT2D eigenvalue weighted by Gasteiger charge is 2.22. The Morgan fingerprint density at radius 1 is 1.32 bits per heavy atom. The van der Waals surface area contributed by atoms with E-state index in [9.17, 15) is 4.79 Å². The molecule has 0 saturated heterocycles. The zero-order chi connectivity index (χ0) is 17.6. The average Bonchev–Trinajstić information content (AvgIpc) is 3.20. The number of thiophene rings is 1. The van der Waals surface area contributed by atoms with E-state index < -0.39 is 0 Å². The van der Waals surface area contributed by atoms with Crippen LogP contribution in [0.25, 0.3) is 0 Å². The Bertz CT molecular complexity index is 666. The molecule has 2 aromatic rings. The van der Waals surface area contributed by atoms with Crippen molar-refractivity contribution >= 4 is 17.2 Å². The van der Waals surface area contributed by atoms with Crippen molar-refractivity contribution in [2.75, 3.05) is 33.9 Å². The molecule has 0 saturated carbocycles. The number of carbonyl (C=O) groups is 1. The molecule has 6 heteroatoms. The van der Waals surface area contributed by atoms with Crippen LogP contribution in [0.5, 0.6) is 0 Å². The standard InChI is InChI=1S/C19H27N3O2S/c1-20(2)19(23)15-24-9-7-16-11-21(14-18-6-4-10-25-18)13-17-5-3-8-22(17)12-16/h3-6,8,10,16H,7,9,11-15H2,1-2H3/t16-/m1/s1. The van der Waals surface area contributed by atoms with Crippen molar-refractivity contribution in [2.45, 2.75) is 26.1 Å². The minimum absolute atomic E-state index is 0.0212. The molecular formula is C19H27N3O2S. The molecule has 25 heavy (non-hydrogen) atoms. The Morgan fingerprint density at radius 2 is 2.20 bits per heavy atom. The fraction of sp³-hybridized carbons (Fsp3) is 0.526. The van der Waals surface area contributed by atoms with Crippen LogP contribution in [-0.2, 0) is 29.2 Å². The fourth-order valence-electron chi connectivity index (χ4n) is 3.23. The van der Waals surface area contributed by atoms with Crippen molar-refractivity contribution in [2.24, 2.45) is 5.92 Å². The summed E-state index contributed by atoms with van der Waals surface area (Å²) < 4.78 is 7.96. The van der Waals surface area contributed by atoms with Crippen molar-refractivity contribution in [3.05, 3.63) is 46.4 Å². The van der Waals surface area contributed by atoms with Crippen LogP contribution in [0.1, 0.15) is 17.0 Å². The van der Waals surface area contributed by atoms with Gasteiger partial charge < -0.3 is 14.2 Å². The molecule has 0 radical (unpaired) electrons. The minimum Gasteiger partial charge on any atom is -0.372 e. The molecule has 0 spiro atoms. The molecule has 2 aromatic heterocycles. The van der Waals surface area contributed by atoms with Crippen LogP contribution in [0.15, 0.2) is 35.8 Å². The second-order valence-corrected chi connectivity index (χ2v) is 7.93. The van der Waals surface area contributed by atoms with Gasteiger partial charge in [-0.25, -0.2) is 0 Å². The maximum atomic E-state index is 11.6. The fourth-order valence-corrected chi connectivity index (χ4v) is 3.98. The van der Waals surface area contributed by atoms with Gasteiger partial charge in [-0.05, 0) is 35.9 Å². The molecule has 0 unspecified atom stereocenters. The summed E-state index contributed by atoms with van der Waals surface area (Å²) in [5, 5.41) is 2.14. The Morgan fingerprint density at radius 3 is 2.96 bits per heavy atom. The van der Waals surface area contributed by atoms with Gasteiger partial charge in [-0.1, -0.05) is 6.07 Å². The molecule has 0 N–H and O–H groups in total. The van der Waals surface area contributed by atoms with E-state index in [1.807, 2.05) is 11.3 Å². The second kappa shape index (κ2) is 8.65. The summed E-state index contributed by atoms with van der Waals surface area (Å²) in [7, 11) is 3.51. The average molecular weight is 362 g/mol. The van der Waals surface area contributed by atoms with Gasteiger partial charge in [-0.15, -0.1) is 11.3 Å². The molecule has 136 valence electrons. The second-order valence-electron chi connectivity index (χ2n) is 6.90. The maximum Gasteiger partial charge on any atom is 0.248 e. The lowest BCUT2D eigenvalue weighted by Crippen LogP contribution is -2.29. The van der Waals surface area contributed by atoms with Gasteiger partial charge in [0, 0.05) is 63.6 Å². The minimum atomic E-state index is 0.0212. The van der Waals surface area contributed by atoms with Crippen molar-refractivity contribution < 1.29 is 9.53 Å². The molecule has 3 heterocycles. The van der Waals surface area contributed by atoms with E-state index >= 15 is 0 Å². The lowest BCUT2D eigenvalue weighted by molar-refractivity contribution is -0.133. The molecule has 0 bridgehead atoms. The van der Waals surface area contributed by atoms with Gasteiger partial charge in [0.1, 0.15) is 6.61 Å². The Labute approximate surface area is 153 Å². The Kier molecular flexibility index (Phi) is 6.29. The van der Waals surface area contributed by atoms with E-state index in [0.717, 1.165) is 32.6 Å². The van der Waals surface area contributed by atoms with Gasteiger partial charge in [0.2, 0.25) is 5.91 Å². The number of fused-ring (bicyclic) bond motifs is 1. The first-order valence-corrected chi connectivity index (χ1v) is 9.66. The summed E-state index contributed by atoms with van der Waals surface area (Å²) in [5.74, 6) is 0.552. The van der Waals surface area contributed by atoms with Crippen molar-refractivity contribution in [3.8, 4) is 0 Å². The third-order valence-corrected chi connectivity index (χ3v) is 5.50. The monoisotopic (exact) mass is 361 g/mol. The summed E-state index contributed by atoms with van der Waals surface area (Å²) in [5.41, 5.74) is 1.38. The number of hydrogen-bond donors (Lipinski definition) is 0. The van der Waals surface area contributed by atoms with Crippen LogP contribution in [-0.4, -0.2) is 54.1 Å². The van der Waals surface area contributed by atoms with E-state index in [4.69, 9.17) is 4.74 Å². The predicted octanol–water partition coefficient (Wildman–Crippen LogP) is 2.68. The number of ether oxygens (including phenoxy) is 1. The summed E-state index contributed by atoms with van der Waals surface area (Å²) >= 11 is 1.82. The molecule has 5 nitrogen and oxygen atoms in total. The highest BCUT2D eigenvalue weighted by atomic mass is 32.1. The van der Waals surface area contributed by atoms with E-state index in [0.29, 0.717) is 12.5 Å². The largest absolute Gasteiger partial charge is 0.372 e. The molecule has 0 fully saturated rings. The van der Waals surface area contributed by atoms with Gasteiger partial charge in [0.25, 0.3) is 0 Å². The predicted molar refractivity (Wildman–Crippen MR) is 100 cm³/mol. The number of amides is 1. The molecule has 1 aliphatic heterocycles. The van der Waals surface area contributed by atoms with Crippen molar-refractivity contribution in [1.29, 1.82) is 0 Å². The number of likely N-dealkylation sites (N-methyl/N-ethyl adjacent to an activating group) is 1. The summed E-state index contributed by atoms with van der Waals surface area (Å²) in [4.78, 5) is 17.1. The van der Waals surface area contributed by atoms with Crippen LogP contribution < -0.4 is 0 Å². The quantitative estimate of drug-likeness (QED) is 0.712. The Hall–Kier alpha value is -1.63. The lowest BCUT2D eigenvalue weighted by atomic mass is 10.1. The molecule has 1 amide bonds. The molecule has 1 atom stereocenters. The van der Waals surface area contributed by atoms with Gasteiger partial charge in [0.05, 0.1) is 0 Å². The summed E-state index contributed by atoms with van der Waals surface area (Å²) in [6, 6.07) is 8.68. The van der Waals surface area contributed by atoms with Gasteiger partial charge in [-0.2, -0.15) is 0 Å². The normalized spacial score (nSPS) is 17.9. The van der Waals surface area contributed by atoms with Crippen LogP contribution >= 0.6 is 11.3 Å². The van der Waals surface area contributed by atoms with Crippen LogP contribution in [0.2, 0.25) is 0 Å². The summed E-state index contributed by atoms with van der Waals surface area (Å²) in [6.45, 7) is 4.88. The number of aromatic nitrogens is 1. The SMILES string of the molecule is CN(C)C(=O)COCC[C@@H]1CN(Cc2cccs2)Cc2cccn2C1. The highest BCUT2D eigenvalue weighted by Crippen LogP contribution is 2.22. The zero-order valence-electron chi connectivity index (χ0n) is 15.1. The number of rotatable bonds is 7. The smallest absolute Gasteiger partial charge is 0.248 e. The summed E-state index contributed by atoms with van der Waals surface area (Å²) in [6.07, 6.45) is 3.15. The molecular weight excluding hydrogens is 334 g/mol. The van der Waals surface area contributed by atoms with Crippen LogP contribution in [0, 0.1) is 5.92 Å². The molecule has 0 aromatic carbocycles. The molecule has 3 rings (SSSR count). The van der Waals surface area contributed by atoms with Crippen LogP contribution in [0.4, 0.5) is 0 Å². The van der Waals surface area contributed by atoms with Crippen LogP contribution in [0.3, 0.4) is 0 Å². The molecule has 1 aliphatic rings. The highest BCUT2D eigenvalue weighted by molar-refractivity contribution is 7.09. The topological polar surface area (TPSA) is 37.7 Å². The zero-order valence-corrected chi connectivity index (χ0v) is 15.9. The van der Waals surface area contributed by atoms with Gasteiger partial charge in [0.15, 0.2) is 0 Å². The third kappa shape index (κ3) is 5.17. The lowest BCUT2D eigenvalue weighted by Gasteiger charge is -2.23. The first-order valence-electron chi connectivity index (χ1n) is 8.78. The first kappa shape index (κ1) is 18.2. The first-order chi connectivity index (χ1) is 12.1. The number of hydrogen-bond acceptors (Lipinski definition) is 4. The van der Waals surface area contributed by atoms with Gasteiger partial charge >= 0.3 is 0 Å². The van der Waals surface area contributed by atoms with E-state index in [-0.39, 0.29) is 12.5 Å². The Balaban J connectivity index is 1.56. The van der Waals surface area contributed by atoms with E-state index in [2.05, 4.69) is 45.3 Å². The third-order valence-electron chi connectivity index (χ3n) is 4.63. The van der Waals surface area contributed by atoms with Crippen molar-refractivity contribution in [1.82, 2.24) is 14.4 Å². The van der Waals surface area contributed by atoms with Gasteiger partial charge in [-0.3, -0.25) is 9.69 Å². The van der Waals surface area contributed by atoms with E-state index in [1.165, 1.54) is 10.6 Å². The van der Waals surface area contributed by atoms with Crippen molar-refractivity contribution in [3.63, 3.8) is 0 Å². The maximum absolute atomic E-state index is 11.6. The van der Waals surface area contributed by atoms with E-state index in [1.54, 1.807) is 19.0 Å². The molecule has 0 aliphatic carbocycles. The number of nitrogens with zero attached hydrogens (tertiary/aromatic N) is 3. The number of carbonyl (C=O) groups excluding carboxylic acids is 1.